The van der Waals surface area contributed by atoms with Crippen LogP contribution in [-0.4, -0.2) is 29.2 Å². The minimum atomic E-state index is -2.95. The summed E-state index contributed by atoms with van der Waals surface area (Å²) in [7, 11) is 1.34. The van der Waals surface area contributed by atoms with E-state index in [2.05, 4.69) is 15.0 Å². The number of rotatable bonds is 8. The number of hydrogen-bond donors (Lipinski definition) is 1. The number of methoxy groups -OCH3 is 1. The number of aryl methyl sites for hydroxylation is 1. The van der Waals surface area contributed by atoms with Gasteiger partial charge in [-0.05, 0) is 29.1 Å². The fourth-order valence-electron chi connectivity index (χ4n) is 2.58. The minimum Gasteiger partial charge on any atom is -0.493 e. The maximum atomic E-state index is 12.3. The molecule has 148 valence electrons. The predicted molar refractivity (Wildman–Crippen MR) is 100.0 cm³/mol. The first kappa shape index (κ1) is 19.7. The number of nitrogens with zero attached hydrogens (tertiary/aromatic N) is 2. The van der Waals surface area contributed by atoms with E-state index in [-0.39, 0.29) is 42.5 Å². The molecule has 1 amide bonds. The topological polar surface area (TPSA) is 82.5 Å². The second-order valence-electron chi connectivity index (χ2n) is 5.77. The normalized spacial score (nSPS) is 11.0. The van der Waals surface area contributed by atoms with Gasteiger partial charge in [-0.15, -0.1) is 11.3 Å². The lowest BCUT2D eigenvalue weighted by Crippen LogP contribution is -2.27. The van der Waals surface area contributed by atoms with Crippen LogP contribution in [0.3, 0.4) is 0 Å². The lowest BCUT2D eigenvalue weighted by molar-refractivity contribution is -0.121. The number of carbonyl (C=O) groups is 1. The Hall–Kier alpha value is -3.01. The summed E-state index contributed by atoms with van der Waals surface area (Å²) in [6.07, 6.45) is 1.53. The predicted octanol–water partition coefficient (Wildman–Crippen LogP) is 2.77. The molecule has 0 aliphatic rings. The smallest absolute Gasteiger partial charge is 0.387 e. The number of carbonyl (C=O) groups excluding carboxylic acids is 1. The first-order valence-electron chi connectivity index (χ1n) is 8.29. The molecule has 0 saturated carbocycles. The molecule has 1 aromatic carbocycles. The SMILES string of the molecule is COc1cc(CNC(=O)CCn2cnc3sccc3c2=O)ccc1OC(F)F. The summed E-state index contributed by atoms with van der Waals surface area (Å²) in [5.41, 5.74) is 0.476. The Morgan fingerprint density at radius 3 is 2.89 bits per heavy atom. The molecule has 0 radical (unpaired) electrons. The van der Waals surface area contributed by atoms with E-state index in [1.165, 1.54) is 41.5 Å². The van der Waals surface area contributed by atoms with E-state index < -0.39 is 6.61 Å². The number of alkyl halides is 2. The minimum absolute atomic E-state index is 0.0803. The molecule has 0 aliphatic heterocycles. The number of benzene rings is 1. The van der Waals surface area contributed by atoms with E-state index in [0.717, 1.165) is 0 Å². The highest BCUT2D eigenvalue weighted by molar-refractivity contribution is 7.16. The second kappa shape index (κ2) is 8.79. The van der Waals surface area contributed by atoms with Crippen molar-refractivity contribution in [1.29, 1.82) is 0 Å². The summed E-state index contributed by atoms with van der Waals surface area (Å²) < 4.78 is 35.5. The van der Waals surface area contributed by atoms with Crippen molar-refractivity contribution in [2.24, 2.45) is 0 Å². The highest BCUT2D eigenvalue weighted by atomic mass is 32.1. The molecule has 10 heteroatoms. The molecule has 0 atom stereocenters. The van der Waals surface area contributed by atoms with Crippen molar-refractivity contribution in [3.8, 4) is 11.5 Å². The molecule has 0 saturated heterocycles. The molecule has 7 nitrogen and oxygen atoms in total. The van der Waals surface area contributed by atoms with Crippen molar-refractivity contribution in [2.45, 2.75) is 26.1 Å². The first-order chi connectivity index (χ1) is 13.5. The van der Waals surface area contributed by atoms with Gasteiger partial charge in [0.25, 0.3) is 5.56 Å². The van der Waals surface area contributed by atoms with Gasteiger partial charge in [0.05, 0.1) is 18.8 Å². The zero-order valence-corrected chi connectivity index (χ0v) is 15.7. The number of hydrogen-bond acceptors (Lipinski definition) is 6. The molecule has 3 aromatic rings. The number of halogens is 2. The molecule has 0 spiro atoms. The standard InChI is InChI=1S/C18H17F2N3O4S/c1-26-14-8-11(2-3-13(14)27-18(19)20)9-21-15(24)4-6-23-10-22-16-12(17(23)25)5-7-28-16/h2-3,5,7-8,10,18H,4,6,9H2,1H3,(H,21,24). The van der Waals surface area contributed by atoms with E-state index in [9.17, 15) is 18.4 Å². The third kappa shape index (κ3) is 4.63. The van der Waals surface area contributed by atoms with Crippen LogP contribution in [-0.2, 0) is 17.9 Å². The van der Waals surface area contributed by atoms with Crippen LogP contribution in [0, 0.1) is 0 Å². The van der Waals surface area contributed by atoms with Crippen LogP contribution in [0.2, 0.25) is 0 Å². The lowest BCUT2D eigenvalue weighted by atomic mass is 10.2. The van der Waals surface area contributed by atoms with Crippen molar-refractivity contribution in [3.05, 3.63) is 51.9 Å². The number of amides is 1. The average molecular weight is 409 g/mol. The van der Waals surface area contributed by atoms with Gasteiger partial charge < -0.3 is 14.8 Å². The molecule has 1 N–H and O–H groups in total. The van der Waals surface area contributed by atoms with Crippen LogP contribution in [0.4, 0.5) is 8.78 Å². The summed E-state index contributed by atoms with van der Waals surface area (Å²) in [6.45, 7) is -2.57. The van der Waals surface area contributed by atoms with Crippen molar-refractivity contribution in [3.63, 3.8) is 0 Å². The van der Waals surface area contributed by atoms with Crippen LogP contribution in [0.1, 0.15) is 12.0 Å². The van der Waals surface area contributed by atoms with Gasteiger partial charge in [-0.25, -0.2) is 4.98 Å². The Kier molecular flexibility index (Phi) is 6.19. The Bertz CT molecular complexity index is 1040. The van der Waals surface area contributed by atoms with Gasteiger partial charge in [-0.1, -0.05) is 6.07 Å². The molecule has 3 rings (SSSR count). The monoisotopic (exact) mass is 409 g/mol. The summed E-state index contributed by atoms with van der Waals surface area (Å²) in [5.74, 6) is -0.193. The van der Waals surface area contributed by atoms with Crippen LogP contribution < -0.4 is 20.3 Å². The number of aromatic nitrogens is 2. The van der Waals surface area contributed by atoms with Crippen molar-refractivity contribution in [1.82, 2.24) is 14.9 Å². The highest BCUT2D eigenvalue weighted by Gasteiger charge is 2.12. The quantitative estimate of drug-likeness (QED) is 0.619. The van der Waals surface area contributed by atoms with Gasteiger partial charge >= 0.3 is 6.61 Å². The summed E-state index contributed by atoms with van der Waals surface area (Å²) in [4.78, 5) is 29.2. The molecule has 28 heavy (non-hydrogen) atoms. The molecule has 2 heterocycles. The van der Waals surface area contributed by atoms with Gasteiger partial charge in [0.15, 0.2) is 11.5 Å². The lowest BCUT2D eigenvalue weighted by Gasteiger charge is -2.12. The van der Waals surface area contributed by atoms with E-state index in [1.54, 1.807) is 17.5 Å². The fourth-order valence-corrected chi connectivity index (χ4v) is 3.30. The van der Waals surface area contributed by atoms with Gasteiger partial charge in [0.2, 0.25) is 5.91 Å². The van der Waals surface area contributed by atoms with Crippen LogP contribution >= 0.6 is 11.3 Å². The Balaban J connectivity index is 1.56. The number of thiophene rings is 1. The fraction of sp³-hybridized carbons (Fsp3) is 0.278. The third-order valence-corrected chi connectivity index (χ3v) is 4.78. The average Bonchev–Trinajstić information content (AvgIpc) is 3.16. The van der Waals surface area contributed by atoms with Crippen LogP contribution in [0.15, 0.2) is 40.8 Å². The zero-order chi connectivity index (χ0) is 20.1. The Labute approximate surface area is 162 Å². The molecular weight excluding hydrogens is 392 g/mol. The van der Waals surface area contributed by atoms with E-state index in [1.807, 2.05) is 0 Å². The van der Waals surface area contributed by atoms with Crippen molar-refractivity contribution < 1.29 is 23.0 Å². The van der Waals surface area contributed by atoms with Gasteiger partial charge in [0, 0.05) is 19.5 Å². The van der Waals surface area contributed by atoms with E-state index >= 15 is 0 Å². The Morgan fingerprint density at radius 1 is 1.32 bits per heavy atom. The van der Waals surface area contributed by atoms with Gasteiger partial charge in [-0.3, -0.25) is 14.2 Å². The number of fused-ring (bicyclic) bond motifs is 1. The summed E-state index contributed by atoms with van der Waals surface area (Å²) in [5, 5.41) is 5.04. The maximum Gasteiger partial charge on any atom is 0.387 e. The van der Waals surface area contributed by atoms with Crippen LogP contribution in [0.5, 0.6) is 11.5 Å². The molecule has 0 unspecified atom stereocenters. The molecule has 0 fully saturated rings. The summed E-state index contributed by atoms with van der Waals surface area (Å²) >= 11 is 1.38. The summed E-state index contributed by atoms with van der Waals surface area (Å²) in [6, 6.07) is 6.13. The molecule has 2 aromatic heterocycles. The van der Waals surface area contributed by atoms with Crippen LogP contribution in [0.25, 0.3) is 10.2 Å². The molecular formula is C18H17F2N3O4S. The van der Waals surface area contributed by atoms with E-state index in [0.29, 0.717) is 15.8 Å². The molecule has 0 bridgehead atoms. The number of nitrogens with one attached hydrogen (secondary N) is 1. The largest absolute Gasteiger partial charge is 0.493 e. The van der Waals surface area contributed by atoms with Crippen molar-refractivity contribution >= 4 is 27.5 Å². The highest BCUT2D eigenvalue weighted by Crippen LogP contribution is 2.29. The Morgan fingerprint density at radius 2 is 2.14 bits per heavy atom. The number of ether oxygens (including phenoxy) is 2. The second-order valence-corrected chi connectivity index (χ2v) is 6.67. The van der Waals surface area contributed by atoms with Crippen molar-refractivity contribution in [2.75, 3.05) is 7.11 Å². The first-order valence-corrected chi connectivity index (χ1v) is 9.17. The zero-order valence-electron chi connectivity index (χ0n) is 14.9. The maximum absolute atomic E-state index is 12.3. The van der Waals surface area contributed by atoms with Gasteiger partial charge in [-0.2, -0.15) is 8.78 Å². The molecule has 0 aliphatic carbocycles. The van der Waals surface area contributed by atoms with Gasteiger partial charge in [0.1, 0.15) is 4.83 Å². The third-order valence-electron chi connectivity index (χ3n) is 3.96. The van der Waals surface area contributed by atoms with E-state index in [4.69, 9.17) is 4.74 Å².